The summed E-state index contributed by atoms with van der Waals surface area (Å²) in [6.07, 6.45) is 6.70. The van der Waals surface area contributed by atoms with Crippen LogP contribution in [0.1, 0.15) is 35.3 Å². The average Bonchev–Trinajstić information content (AvgIpc) is 2.87. The minimum absolute atomic E-state index is 0.0220. The van der Waals surface area contributed by atoms with Crippen molar-refractivity contribution in [1.82, 2.24) is 9.80 Å². The lowest BCUT2D eigenvalue weighted by Gasteiger charge is -2.40. The minimum Gasteiger partial charge on any atom is -0.441 e. The molecule has 0 aromatic heterocycles. The average molecular weight is 478 g/mol. The molecule has 1 aliphatic rings. The molecule has 2 atom stereocenters. The van der Waals surface area contributed by atoms with E-state index in [1.54, 1.807) is 12.2 Å². The van der Waals surface area contributed by atoms with Crippen LogP contribution in [0.4, 0.5) is 9.18 Å². The molecule has 5 nitrogen and oxygen atoms in total. The van der Waals surface area contributed by atoms with Crippen molar-refractivity contribution < 1.29 is 13.9 Å². The first-order valence-electron chi connectivity index (χ1n) is 12.1. The molecule has 1 amide bonds. The highest BCUT2D eigenvalue weighted by Crippen LogP contribution is 2.31. The van der Waals surface area contributed by atoms with Crippen molar-refractivity contribution in [1.29, 1.82) is 0 Å². The van der Waals surface area contributed by atoms with E-state index in [0.717, 1.165) is 43.9 Å². The van der Waals surface area contributed by atoms with E-state index in [4.69, 9.17) is 10.5 Å². The molecule has 1 saturated heterocycles. The van der Waals surface area contributed by atoms with Crippen molar-refractivity contribution in [2.75, 3.05) is 39.4 Å². The van der Waals surface area contributed by atoms with Crippen LogP contribution in [0, 0.1) is 6.92 Å². The number of carbonyl (C=O) groups excluding carboxylic acids is 1. The van der Waals surface area contributed by atoms with E-state index in [9.17, 15) is 9.18 Å². The van der Waals surface area contributed by atoms with E-state index in [0.29, 0.717) is 6.42 Å². The predicted octanol–water partition coefficient (Wildman–Crippen LogP) is 5.52. The molecule has 2 unspecified atom stereocenters. The molecule has 0 saturated carbocycles. The third-order valence-corrected chi connectivity index (χ3v) is 6.33. The van der Waals surface area contributed by atoms with Crippen LogP contribution < -0.4 is 5.73 Å². The minimum atomic E-state index is -0.757. The smallest absolute Gasteiger partial charge is 0.405 e. The second-order valence-electron chi connectivity index (χ2n) is 8.77. The molecule has 1 aliphatic heterocycles. The molecule has 2 N–H and O–H groups in total. The van der Waals surface area contributed by atoms with Gasteiger partial charge in [-0.05, 0) is 23.6 Å². The predicted molar refractivity (Wildman–Crippen MR) is 140 cm³/mol. The summed E-state index contributed by atoms with van der Waals surface area (Å²) in [5, 5.41) is 0. The van der Waals surface area contributed by atoms with Gasteiger partial charge in [0.15, 0.2) is 0 Å². The highest BCUT2D eigenvalue weighted by Gasteiger charge is 2.27. The number of rotatable bonds is 11. The van der Waals surface area contributed by atoms with Crippen LogP contribution in [-0.2, 0) is 4.74 Å². The van der Waals surface area contributed by atoms with Gasteiger partial charge in [-0.1, -0.05) is 91.0 Å². The molecule has 1 fully saturated rings. The zero-order valence-corrected chi connectivity index (χ0v) is 20.5. The first-order valence-corrected chi connectivity index (χ1v) is 12.1. The fourth-order valence-electron chi connectivity index (χ4n) is 4.56. The standard InChI is InChI=1S/C29H36FN3O2/c1-3-8-25(11-7-17-30)28(26-14-12-23(2)13-15-26)33-21-19-32(20-22-33)18-16-27(35-29(31)34)24-9-5-4-6-10-24/h3-15,27-28H,1,16-22H2,2H3,(H2,31,34)/b11-7-,25-8+. The number of hydrogen-bond acceptors (Lipinski definition) is 4. The van der Waals surface area contributed by atoms with E-state index >= 15 is 0 Å². The Kier molecular flexibility index (Phi) is 10.3. The monoisotopic (exact) mass is 477 g/mol. The van der Waals surface area contributed by atoms with E-state index in [1.807, 2.05) is 42.5 Å². The lowest BCUT2D eigenvalue weighted by molar-refractivity contribution is 0.0730. The van der Waals surface area contributed by atoms with Gasteiger partial charge in [-0.25, -0.2) is 9.18 Å². The molecule has 0 spiro atoms. The Labute approximate surface area is 208 Å². The number of hydrogen-bond donors (Lipinski definition) is 1. The summed E-state index contributed by atoms with van der Waals surface area (Å²) in [6, 6.07) is 18.3. The van der Waals surface area contributed by atoms with Crippen molar-refractivity contribution in [2.24, 2.45) is 5.73 Å². The SMILES string of the molecule is C=C/C=C(\C=C/CF)C(c1ccc(C)cc1)N1CCN(CCC(OC(N)=O)c2ccccc2)CC1. The zero-order valence-electron chi connectivity index (χ0n) is 20.5. The lowest BCUT2D eigenvalue weighted by Crippen LogP contribution is -2.48. The van der Waals surface area contributed by atoms with Gasteiger partial charge in [0.1, 0.15) is 12.8 Å². The van der Waals surface area contributed by atoms with Gasteiger partial charge in [0.25, 0.3) is 0 Å². The Morgan fingerprint density at radius 2 is 1.77 bits per heavy atom. The number of primary amides is 1. The maximum Gasteiger partial charge on any atom is 0.405 e. The molecule has 35 heavy (non-hydrogen) atoms. The van der Waals surface area contributed by atoms with Gasteiger partial charge in [-0.15, -0.1) is 0 Å². The number of aryl methyl sites for hydroxylation is 1. The summed E-state index contributed by atoms with van der Waals surface area (Å²) in [6.45, 7) is 9.73. The van der Waals surface area contributed by atoms with E-state index in [2.05, 4.69) is 47.6 Å². The Morgan fingerprint density at radius 3 is 2.37 bits per heavy atom. The summed E-state index contributed by atoms with van der Waals surface area (Å²) >= 11 is 0. The van der Waals surface area contributed by atoms with Crippen LogP contribution in [0.3, 0.4) is 0 Å². The number of ether oxygens (including phenoxy) is 1. The molecule has 1 heterocycles. The summed E-state index contributed by atoms with van der Waals surface area (Å²) in [4.78, 5) is 16.3. The molecule has 2 aromatic carbocycles. The van der Waals surface area contributed by atoms with Gasteiger partial charge < -0.3 is 15.4 Å². The summed E-state index contributed by atoms with van der Waals surface area (Å²) in [5.41, 5.74) is 9.68. The fourth-order valence-corrected chi connectivity index (χ4v) is 4.56. The second kappa shape index (κ2) is 13.6. The van der Waals surface area contributed by atoms with Crippen molar-refractivity contribution in [3.05, 3.63) is 108 Å². The normalized spacial score (nSPS) is 17.3. The maximum atomic E-state index is 13.0. The first-order chi connectivity index (χ1) is 17.0. The molecule has 6 heteroatoms. The summed E-state index contributed by atoms with van der Waals surface area (Å²) in [7, 11) is 0. The quantitative estimate of drug-likeness (QED) is 0.433. The van der Waals surface area contributed by atoms with Gasteiger partial charge in [-0.2, -0.15) is 0 Å². The number of nitrogens with zero attached hydrogens (tertiary/aromatic N) is 2. The molecule has 0 radical (unpaired) electrons. The van der Waals surface area contributed by atoms with Crippen LogP contribution in [-0.4, -0.2) is 55.3 Å². The fraction of sp³-hybridized carbons (Fsp3) is 0.345. The van der Waals surface area contributed by atoms with Gasteiger partial charge in [0.05, 0.1) is 6.04 Å². The van der Waals surface area contributed by atoms with E-state index in [1.165, 1.54) is 11.1 Å². The zero-order chi connectivity index (χ0) is 25.0. The molecule has 0 bridgehead atoms. The van der Waals surface area contributed by atoms with Crippen LogP contribution >= 0.6 is 0 Å². The Morgan fingerprint density at radius 1 is 1.09 bits per heavy atom. The Bertz CT molecular complexity index is 996. The number of amides is 1. The van der Waals surface area contributed by atoms with Gasteiger partial charge in [0.2, 0.25) is 0 Å². The summed E-state index contributed by atoms with van der Waals surface area (Å²) in [5.74, 6) is 0. The number of nitrogens with two attached hydrogens (primary N) is 1. The van der Waals surface area contributed by atoms with E-state index < -0.39 is 12.8 Å². The van der Waals surface area contributed by atoms with Crippen LogP contribution in [0.25, 0.3) is 0 Å². The molecular weight excluding hydrogens is 441 g/mol. The van der Waals surface area contributed by atoms with Gasteiger partial charge in [0, 0.05) is 39.1 Å². The largest absolute Gasteiger partial charge is 0.441 e. The van der Waals surface area contributed by atoms with Crippen LogP contribution in [0.2, 0.25) is 0 Å². The third kappa shape index (κ3) is 7.91. The number of halogens is 1. The number of alkyl halides is 1. The molecule has 0 aliphatic carbocycles. The summed E-state index contributed by atoms with van der Waals surface area (Å²) < 4.78 is 18.4. The Hall–Kier alpha value is -3.22. The number of piperazine rings is 1. The van der Waals surface area contributed by atoms with Crippen molar-refractivity contribution in [2.45, 2.75) is 25.5 Å². The van der Waals surface area contributed by atoms with Crippen molar-refractivity contribution in [3.8, 4) is 0 Å². The lowest BCUT2D eigenvalue weighted by atomic mass is 9.94. The van der Waals surface area contributed by atoms with Gasteiger partial charge in [-0.3, -0.25) is 4.90 Å². The Balaban J connectivity index is 1.69. The number of benzene rings is 2. The molecular formula is C29H36FN3O2. The van der Waals surface area contributed by atoms with Crippen LogP contribution in [0.15, 0.2) is 91.1 Å². The molecule has 186 valence electrons. The second-order valence-corrected chi connectivity index (χ2v) is 8.77. The number of allylic oxidation sites excluding steroid dienone is 3. The topological polar surface area (TPSA) is 58.8 Å². The van der Waals surface area contributed by atoms with Crippen molar-refractivity contribution in [3.63, 3.8) is 0 Å². The van der Waals surface area contributed by atoms with Gasteiger partial charge >= 0.3 is 6.09 Å². The van der Waals surface area contributed by atoms with E-state index in [-0.39, 0.29) is 12.1 Å². The third-order valence-electron chi connectivity index (χ3n) is 6.33. The van der Waals surface area contributed by atoms with Crippen LogP contribution in [0.5, 0.6) is 0 Å². The molecule has 2 aromatic rings. The highest BCUT2D eigenvalue weighted by molar-refractivity contribution is 5.65. The molecule has 3 rings (SSSR count). The maximum absolute atomic E-state index is 13.0. The highest BCUT2D eigenvalue weighted by atomic mass is 19.1. The number of carbonyl (C=O) groups is 1. The van der Waals surface area contributed by atoms with Crippen molar-refractivity contribution >= 4 is 6.09 Å². The first kappa shape index (κ1) is 26.4.